The van der Waals surface area contributed by atoms with Gasteiger partial charge in [0.05, 0.1) is 0 Å². The summed E-state index contributed by atoms with van der Waals surface area (Å²) in [5.41, 5.74) is 0. The van der Waals surface area contributed by atoms with Crippen molar-refractivity contribution in [3.8, 4) is 0 Å². The molecular weight excluding hydrogens is 441 g/mol. The van der Waals surface area contributed by atoms with Gasteiger partial charge in [-0.1, -0.05) is 26.2 Å². The smallest absolute Gasteiger partial charge is 0.221 e. The largest absolute Gasteiger partial charge is 0.356 e. The predicted molar refractivity (Wildman–Crippen MR) is 119 cm³/mol. The summed E-state index contributed by atoms with van der Waals surface area (Å²) in [6.07, 6.45) is 10.1. The number of guanidine groups is 1. The van der Waals surface area contributed by atoms with E-state index in [9.17, 15) is 4.79 Å². The van der Waals surface area contributed by atoms with E-state index in [0.717, 1.165) is 44.7 Å². The number of carbonyl (C=O) groups is 1. The number of hydrogen-bond donors (Lipinski definition) is 3. The molecule has 3 N–H and O–H groups in total. The molecule has 7 heteroatoms. The summed E-state index contributed by atoms with van der Waals surface area (Å²) in [5.74, 6) is 0.974. The summed E-state index contributed by atoms with van der Waals surface area (Å²) >= 11 is 0. The molecule has 1 saturated heterocycles. The molecule has 1 aliphatic heterocycles. The molecule has 2 aliphatic rings. The van der Waals surface area contributed by atoms with Crippen molar-refractivity contribution in [3.05, 3.63) is 0 Å². The number of nitrogens with zero attached hydrogens (tertiary/aromatic N) is 2. The highest BCUT2D eigenvalue weighted by atomic mass is 127. The Morgan fingerprint density at radius 1 is 1.04 bits per heavy atom. The highest BCUT2D eigenvalue weighted by Gasteiger charge is 2.19. The summed E-state index contributed by atoms with van der Waals surface area (Å²) in [4.78, 5) is 18.9. The summed E-state index contributed by atoms with van der Waals surface area (Å²) in [6.45, 7) is 6.39. The Morgan fingerprint density at radius 2 is 1.69 bits per heavy atom. The second-order valence-electron chi connectivity index (χ2n) is 7.41. The zero-order valence-corrected chi connectivity index (χ0v) is 18.9. The fourth-order valence-corrected chi connectivity index (χ4v) is 3.85. The maximum Gasteiger partial charge on any atom is 0.221 e. The van der Waals surface area contributed by atoms with Crippen molar-refractivity contribution >= 4 is 35.8 Å². The van der Waals surface area contributed by atoms with Crippen LogP contribution in [0.4, 0.5) is 0 Å². The van der Waals surface area contributed by atoms with Crippen molar-refractivity contribution in [1.29, 1.82) is 0 Å². The van der Waals surface area contributed by atoms with Gasteiger partial charge in [-0.25, -0.2) is 0 Å². The summed E-state index contributed by atoms with van der Waals surface area (Å²) in [7, 11) is 1.80. The number of halogens is 1. The molecule has 0 aromatic heterocycles. The van der Waals surface area contributed by atoms with Gasteiger partial charge in [0.15, 0.2) is 5.96 Å². The zero-order chi connectivity index (χ0) is 17.9. The van der Waals surface area contributed by atoms with Crippen molar-refractivity contribution in [2.45, 2.75) is 76.8 Å². The van der Waals surface area contributed by atoms with Crippen molar-refractivity contribution in [2.75, 3.05) is 33.2 Å². The minimum atomic E-state index is 0. The number of nitrogens with one attached hydrogen (secondary N) is 3. The molecule has 2 rings (SSSR count). The van der Waals surface area contributed by atoms with Crippen LogP contribution in [0.5, 0.6) is 0 Å². The van der Waals surface area contributed by atoms with Gasteiger partial charge < -0.3 is 20.9 Å². The van der Waals surface area contributed by atoms with Gasteiger partial charge in [-0.2, -0.15) is 0 Å². The third-order valence-electron chi connectivity index (χ3n) is 5.31. The normalized spacial score (nSPS) is 20.3. The van der Waals surface area contributed by atoms with Crippen LogP contribution in [-0.2, 0) is 4.79 Å². The van der Waals surface area contributed by atoms with Crippen LogP contribution in [0, 0.1) is 0 Å². The lowest BCUT2D eigenvalue weighted by atomic mass is 9.95. The second kappa shape index (κ2) is 13.6. The van der Waals surface area contributed by atoms with Gasteiger partial charge in [-0.3, -0.25) is 9.79 Å². The molecule has 0 radical (unpaired) electrons. The molecular formula is C19H38IN5O. The number of carbonyl (C=O) groups excluding carboxylic acids is 1. The maximum atomic E-state index is 12.1. The standard InChI is InChI=1S/C19H37N5O.HI/c1-3-13-24-14-10-17(11-15-24)23-19(20-2)21-12-9-18(25)22-16-7-5-4-6-8-16;/h16-17H,3-15H2,1-2H3,(H,22,25)(H2,20,21,23);1H. The molecule has 0 spiro atoms. The van der Waals surface area contributed by atoms with Gasteiger partial charge in [-0.15, -0.1) is 24.0 Å². The van der Waals surface area contributed by atoms with E-state index < -0.39 is 0 Å². The van der Waals surface area contributed by atoms with E-state index in [1.807, 2.05) is 0 Å². The Bertz CT molecular complexity index is 418. The first kappa shape index (κ1) is 23.5. The van der Waals surface area contributed by atoms with E-state index in [2.05, 4.69) is 32.8 Å². The molecule has 0 aromatic rings. The fraction of sp³-hybridized carbons (Fsp3) is 0.895. The van der Waals surface area contributed by atoms with Crippen LogP contribution in [0.3, 0.4) is 0 Å². The molecule has 1 heterocycles. The average molecular weight is 479 g/mol. The van der Waals surface area contributed by atoms with E-state index in [1.165, 1.54) is 32.2 Å². The van der Waals surface area contributed by atoms with Crippen molar-refractivity contribution in [2.24, 2.45) is 4.99 Å². The van der Waals surface area contributed by atoms with E-state index in [-0.39, 0.29) is 29.9 Å². The number of likely N-dealkylation sites (tertiary alicyclic amines) is 1. The molecule has 152 valence electrons. The average Bonchev–Trinajstić information content (AvgIpc) is 2.63. The Balaban J connectivity index is 0.00000338. The molecule has 0 atom stereocenters. The van der Waals surface area contributed by atoms with Gasteiger partial charge in [0.2, 0.25) is 5.91 Å². The third kappa shape index (κ3) is 8.88. The van der Waals surface area contributed by atoms with Crippen molar-refractivity contribution in [3.63, 3.8) is 0 Å². The summed E-state index contributed by atoms with van der Waals surface area (Å²) in [5, 5.41) is 9.95. The van der Waals surface area contributed by atoms with Crippen LogP contribution in [0.25, 0.3) is 0 Å². The van der Waals surface area contributed by atoms with Crippen LogP contribution in [0.1, 0.15) is 64.7 Å². The molecule has 1 amide bonds. The molecule has 2 fully saturated rings. The first-order valence-corrected chi connectivity index (χ1v) is 10.2. The van der Waals surface area contributed by atoms with Gasteiger partial charge in [-0.05, 0) is 38.6 Å². The predicted octanol–water partition coefficient (Wildman–Crippen LogP) is 2.48. The van der Waals surface area contributed by atoms with E-state index in [0.29, 0.717) is 25.0 Å². The highest BCUT2D eigenvalue weighted by molar-refractivity contribution is 14.0. The zero-order valence-electron chi connectivity index (χ0n) is 16.6. The molecule has 0 bridgehead atoms. The molecule has 26 heavy (non-hydrogen) atoms. The Morgan fingerprint density at radius 3 is 2.31 bits per heavy atom. The third-order valence-corrected chi connectivity index (χ3v) is 5.31. The monoisotopic (exact) mass is 479 g/mol. The lowest BCUT2D eigenvalue weighted by Gasteiger charge is -2.32. The van der Waals surface area contributed by atoms with Crippen LogP contribution in [-0.4, -0.2) is 62.1 Å². The highest BCUT2D eigenvalue weighted by Crippen LogP contribution is 2.17. The van der Waals surface area contributed by atoms with Gasteiger partial charge >= 0.3 is 0 Å². The number of aliphatic imine (C=N–C) groups is 1. The van der Waals surface area contributed by atoms with Gasteiger partial charge in [0, 0.05) is 45.2 Å². The number of rotatable bonds is 7. The van der Waals surface area contributed by atoms with Crippen LogP contribution >= 0.6 is 24.0 Å². The summed E-state index contributed by atoms with van der Waals surface area (Å²) in [6, 6.07) is 0.877. The Labute approximate surface area is 176 Å². The fourth-order valence-electron chi connectivity index (χ4n) is 3.85. The minimum Gasteiger partial charge on any atom is -0.356 e. The van der Waals surface area contributed by atoms with E-state index in [1.54, 1.807) is 7.05 Å². The molecule has 6 nitrogen and oxygen atoms in total. The van der Waals surface area contributed by atoms with Gasteiger partial charge in [0.1, 0.15) is 0 Å². The number of amides is 1. The molecule has 1 aliphatic carbocycles. The second-order valence-corrected chi connectivity index (χ2v) is 7.41. The van der Waals surface area contributed by atoms with E-state index >= 15 is 0 Å². The molecule has 0 unspecified atom stereocenters. The lowest BCUT2D eigenvalue weighted by Crippen LogP contribution is -2.49. The summed E-state index contributed by atoms with van der Waals surface area (Å²) < 4.78 is 0. The first-order valence-electron chi connectivity index (χ1n) is 10.2. The van der Waals surface area contributed by atoms with E-state index in [4.69, 9.17) is 0 Å². The van der Waals surface area contributed by atoms with Crippen LogP contribution < -0.4 is 16.0 Å². The number of hydrogen-bond acceptors (Lipinski definition) is 3. The van der Waals surface area contributed by atoms with Gasteiger partial charge in [0.25, 0.3) is 0 Å². The molecule has 0 aromatic carbocycles. The quantitative estimate of drug-likeness (QED) is 0.298. The Kier molecular flexibility index (Phi) is 12.3. The van der Waals surface area contributed by atoms with Crippen LogP contribution in [0.2, 0.25) is 0 Å². The van der Waals surface area contributed by atoms with Crippen LogP contribution in [0.15, 0.2) is 4.99 Å². The Hall–Kier alpha value is -0.570. The van der Waals surface area contributed by atoms with Crippen molar-refractivity contribution < 1.29 is 4.79 Å². The SMILES string of the molecule is CCCN1CCC(NC(=NC)NCCC(=O)NC2CCCCC2)CC1.I. The topological polar surface area (TPSA) is 68.8 Å². The maximum absolute atomic E-state index is 12.1. The lowest BCUT2D eigenvalue weighted by molar-refractivity contribution is -0.121. The first-order chi connectivity index (χ1) is 12.2. The van der Waals surface area contributed by atoms with Crippen molar-refractivity contribution in [1.82, 2.24) is 20.9 Å². The number of piperidine rings is 1. The molecule has 1 saturated carbocycles. The minimum absolute atomic E-state index is 0.